The van der Waals surface area contributed by atoms with E-state index in [2.05, 4.69) is 5.32 Å². The second-order valence-electron chi connectivity index (χ2n) is 6.50. The Morgan fingerprint density at radius 1 is 1.13 bits per heavy atom. The molecule has 1 atom stereocenters. The quantitative estimate of drug-likeness (QED) is 0.873. The molecular formula is C16H23N3O3S. The van der Waals surface area contributed by atoms with Gasteiger partial charge < -0.3 is 10.2 Å². The fraction of sp³-hybridized carbons (Fsp3) is 0.562. The van der Waals surface area contributed by atoms with Gasteiger partial charge in [0, 0.05) is 32.7 Å². The molecule has 0 aromatic heterocycles. The van der Waals surface area contributed by atoms with Crippen molar-refractivity contribution in [3.05, 3.63) is 30.3 Å². The van der Waals surface area contributed by atoms with Gasteiger partial charge >= 0.3 is 0 Å². The molecule has 0 radical (unpaired) electrons. The highest BCUT2D eigenvalue weighted by molar-refractivity contribution is 7.89. The van der Waals surface area contributed by atoms with Gasteiger partial charge in [0.05, 0.1) is 10.3 Å². The van der Waals surface area contributed by atoms with E-state index in [1.807, 2.05) is 11.8 Å². The first-order valence-electron chi connectivity index (χ1n) is 7.99. The van der Waals surface area contributed by atoms with E-state index in [1.54, 1.807) is 30.3 Å². The number of piperazine rings is 1. The molecule has 126 valence electrons. The molecule has 6 nitrogen and oxygen atoms in total. The number of nitrogens with zero attached hydrogens (tertiary/aromatic N) is 2. The molecule has 1 amide bonds. The van der Waals surface area contributed by atoms with Crippen molar-refractivity contribution in [2.75, 3.05) is 39.3 Å². The molecule has 0 spiro atoms. The Morgan fingerprint density at radius 2 is 1.78 bits per heavy atom. The highest BCUT2D eigenvalue weighted by Gasteiger charge is 2.40. The zero-order chi connectivity index (χ0) is 16.5. The molecule has 1 unspecified atom stereocenters. The van der Waals surface area contributed by atoms with Gasteiger partial charge in [0.2, 0.25) is 15.9 Å². The van der Waals surface area contributed by atoms with Crippen molar-refractivity contribution in [3.8, 4) is 0 Å². The van der Waals surface area contributed by atoms with Crippen molar-refractivity contribution < 1.29 is 13.2 Å². The largest absolute Gasteiger partial charge is 0.340 e. The molecule has 0 bridgehead atoms. The number of hydrogen-bond donors (Lipinski definition) is 1. The van der Waals surface area contributed by atoms with Crippen molar-refractivity contribution in [3.63, 3.8) is 0 Å². The lowest BCUT2D eigenvalue weighted by Gasteiger charge is -2.37. The van der Waals surface area contributed by atoms with E-state index in [1.165, 1.54) is 4.31 Å². The van der Waals surface area contributed by atoms with Gasteiger partial charge in [-0.15, -0.1) is 0 Å². The van der Waals surface area contributed by atoms with Crippen LogP contribution in [0.25, 0.3) is 0 Å². The van der Waals surface area contributed by atoms with Crippen LogP contribution in [-0.2, 0) is 14.8 Å². The summed E-state index contributed by atoms with van der Waals surface area (Å²) in [5.41, 5.74) is -0.347. The molecule has 7 heteroatoms. The van der Waals surface area contributed by atoms with E-state index >= 15 is 0 Å². The molecule has 3 rings (SSSR count). The van der Waals surface area contributed by atoms with Crippen molar-refractivity contribution in [2.24, 2.45) is 5.41 Å². The van der Waals surface area contributed by atoms with Gasteiger partial charge in [0.15, 0.2) is 0 Å². The molecule has 2 saturated heterocycles. The molecular weight excluding hydrogens is 314 g/mol. The second kappa shape index (κ2) is 6.22. The molecule has 0 saturated carbocycles. The van der Waals surface area contributed by atoms with E-state index in [4.69, 9.17) is 0 Å². The summed E-state index contributed by atoms with van der Waals surface area (Å²) in [6, 6.07) is 8.46. The lowest BCUT2D eigenvalue weighted by atomic mass is 9.88. The third-order valence-corrected chi connectivity index (χ3v) is 6.70. The van der Waals surface area contributed by atoms with Crippen LogP contribution in [0.1, 0.15) is 13.3 Å². The summed E-state index contributed by atoms with van der Waals surface area (Å²) in [6.45, 7) is 5.18. The van der Waals surface area contributed by atoms with Crippen molar-refractivity contribution >= 4 is 15.9 Å². The van der Waals surface area contributed by atoms with Crippen LogP contribution in [0.5, 0.6) is 0 Å². The molecule has 1 aromatic carbocycles. The van der Waals surface area contributed by atoms with Crippen LogP contribution in [0.2, 0.25) is 0 Å². The second-order valence-corrected chi connectivity index (χ2v) is 8.43. The maximum atomic E-state index is 12.7. The van der Waals surface area contributed by atoms with Gasteiger partial charge in [-0.05, 0) is 32.0 Å². The molecule has 1 aromatic rings. The van der Waals surface area contributed by atoms with Gasteiger partial charge in [-0.25, -0.2) is 8.42 Å². The van der Waals surface area contributed by atoms with E-state index in [0.717, 1.165) is 13.0 Å². The Morgan fingerprint density at radius 3 is 2.35 bits per heavy atom. The number of nitrogens with one attached hydrogen (secondary N) is 1. The van der Waals surface area contributed by atoms with Gasteiger partial charge in [0.25, 0.3) is 0 Å². The predicted octanol–water partition coefficient (Wildman–Crippen LogP) is 0.519. The predicted molar refractivity (Wildman–Crippen MR) is 87.4 cm³/mol. The van der Waals surface area contributed by atoms with Gasteiger partial charge in [0.1, 0.15) is 0 Å². The summed E-state index contributed by atoms with van der Waals surface area (Å²) in [5.74, 6) is 0.138. The minimum absolute atomic E-state index is 0.138. The zero-order valence-electron chi connectivity index (χ0n) is 13.4. The molecule has 1 N–H and O–H groups in total. The number of benzene rings is 1. The third-order valence-electron chi connectivity index (χ3n) is 4.79. The van der Waals surface area contributed by atoms with E-state index in [0.29, 0.717) is 37.6 Å². The average molecular weight is 337 g/mol. The molecule has 2 heterocycles. The normalized spacial score (nSPS) is 26.4. The first kappa shape index (κ1) is 16.4. The summed E-state index contributed by atoms with van der Waals surface area (Å²) >= 11 is 0. The van der Waals surface area contributed by atoms with Gasteiger partial charge in [-0.2, -0.15) is 4.31 Å². The summed E-state index contributed by atoms with van der Waals surface area (Å²) < 4.78 is 26.7. The van der Waals surface area contributed by atoms with Gasteiger partial charge in [-0.1, -0.05) is 18.2 Å². The minimum Gasteiger partial charge on any atom is -0.340 e. The average Bonchev–Trinajstić information content (AvgIpc) is 3.03. The summed E-state index contributed by atoms with van der Waals surface area (Å²) in [4.78, 5) is 14.8. The Balaban J connectivity index is 1.66. The molecule has 2 aliphatic heterocycles. The van der Waals surface area contributed by atoms with Crippen LogP contribution in [0.15, 0.2) is 35.2 Å². The monoisotopic (exact) mass is 337 g/mol. The number of carbonyl (C=O) groups is 1. The van der Waals surface area contributed by atoms with Crippen LogP contribution in [0.3, 0.4) is 0 Å². The lowest BCUT2D eigenvalue weighted by Crippen LogP contribution is -2.54. The van der Waals surface area contributed by atoms with Crippen molar-refractivity contribution in [1.82, 2.24) is 14.5 Å². The van der Waals surface area contributed by atoms with Crippen LogP contribution < -0.4 is 5.32 Å². The number of sulfonamides is 1. The standard InChI is InChI=1S/C16H23N3O3S/c1-16(7-8-17-13-16)15(20)18-9-11-19(12-10-18)23(21,22)14-5-3-2-4-6-14/h2-6,17H,7-13H2,1H3. The topological polar surface area (TPSA) is 69.7 Å². The minimum atomic E-state index is -3.46. The van der Waals surface area contributed by atoms with Crippen molar-refractivity contribution in [1.29, 1.82) is 0 Å². The summed E-state index contributed by atoms with van der Waals surface area (Å²) in [6.07, 6.45) is 0.842. The first-order chi connectivity index (χ1) is 10.9. The fourth-order valence-electron chi connectivity index (χ4n) is 3.25. The SMILES string of the molecule is CC1(C(=O)N2CCN(S(=O)(=O)c3ccccc3)CC2)CCNC1. The fourth-order valence-corrected chi connectivity index (χ4v) is 4.70. The molecule has 2 aliphatic rings. The highest BCUT2D eigenvalue weighted by Crippen LogP contribution is 2.28. The van der Waals surface area contributed by atoms with Gasteiger partial charge in [-0.3, -0.25) is 4.79 Å². The smallest absolute Gasteiger partial charge is 0.243 e. The molecule has 23 heavy (non-hydrogen) atoms. The van der Waals surface area contributed by atoms with E-state index in [9.17, 15) is 13.2 Å². The highest BCUT2D eigenvalue weighted by atomic mass is 32.2. The number of amides is 1. The van der Waals surface area contributed by atoms with Crippen LogP contribution in [-0.4, -0.2) is 62.8 Å². The maximum Gasteiger partial charge on any atom is 0.243 e. The Labute approximate surface area is 137 Å². The summed E-state index contributed by atoms with van der Waals surface area (Å²) in [7, 11) is -3.46. The maximum absolute atomic E-state index is 12.7. The van der Waals surface area contributed by atoms with Crippen LogP contribution >= 0.6 is 0 Å². The molecule has 0 aliphatic carbocycles. The number of carbonyl (C=O) groups excluding carboxylic acids is 1. The third kappa shape index (κ3) is 3.13. The number of hydrogen-bond acceptors (Lipinski definition) is 4. The zero-order valence-corrected chi connectivity index (χ0v) is 14.2. The first-order valence-corrected chi connectivity index (χ1v) is 9.43. The number of rotatable bonds is 3. The summed E-state index contributed by atoms with van der Waals surface area (Å²) in [5, 5.41) is 3.23. The van der Waals surface area contributed by atoms with E-state index < -0.39 is 10.0 Å². The Hall–Kier alpha value is -1.44. The Bertz CT molecular complexity index is 661. The van der Waals surface area contributed by atoms with Crippen LogP contribution in [0.4, 0.5) is 0 Å². The lowest BCUT2D eigenvalue weighted by molar-refractivity contribution is -0.141. The van der Waals surface area contributed by atoms with Crippen LogP contribution in [0, 0.1) is 5.41 Å². The Kier molecular flexibility index (Phi) is 4.44. The molecule has 2 fully saturated rings. The van der Waals surface area contributed by atoms with Crippen molar-refractivity contribution in [2.45, 2.75) is 18.2 Å². The van der Waals surface area contributed by atoms with E-state index in [-0.39, 0.29) is 11.3 Å².